The molecule has 0 radical (unpaired) electrons. The van der Waals surface area contributed by atoms with Gasteiger partial charge in [0.1, 0.15) is 11.6 Å². The highest BCUT2D eigenvalue weighted by molar-refractivity contribution is 6.06. The van der Waals surface area contributed by atoms with Gasteiger partial charge < -0.3 is 25.8 Å². The number of rotatable bonds is 8. The van der Waals surface area contributed by atoms with Crippen LogP contribution in [0.15, 0.2) is 72.6 Å². The normalized spacial score (nSPS) is 15.7. The molecule has 1 fully saturated rings. The number of amides is 1. The summed E-state index contributed by atoms with van der Waals surface area (Å²) in [5.74, 6) is 0.936. The second-order valence-electron chi connectivity index (χ2n) is 9.72. The molecule has 0 spiro atoms. The maximum absolute atomic E-state index is 12.3. The fourth-order valence-corrected chi connectivity index (χ4v) is 5.01. The van der Waals surface area contributed by atoms with Crippen LogP contribution in [0, 0.1) is 0 Å². The van der Waals surface area contributed by atoms with E-state index < -0.39 is 0 Å². The summed E-state index contributed by atoms with van der Waals surface area (Å²) in [6, 6.07) is 10.8. The van der Waals surface area contributed by atoms with Gasteiger partial charge in [-0.15, -0.1) is 0 Å². The number of carbonyl (C=O) groups is 1. The van der Waals surface area contributed by atoms with Gasteiger partial charge in [0, 0.05) is 48.7 Å². The zero-order valence-electron chi connectivity index (χ0n) is 22.7. The average Bonchev–Trinajstić information content (AvgIpc) is 3.43. The molecule has 10 nitrogen and oxygen atoms in total. The average molecular weight is 540 g/mol. The number of aryl methyl sites for hydroxylation is 1. The second kappa shape index (κ2) is 11.5. The fraction of sp³-hybridized carbons (Fsp3) is 0.267. The molecule has 0 saturated carbocycles. The number of benzene rings is 1. The van der Waals surface area contributed by atoms with Crippen LogP contribution in [0.3, 0.4) is 0 Å². The largest absolute Gasteiger partial charge is 0.508 e. The van der Waals surface area contributed by atoms with Crippen molar-refractivity contribution in [2.24, 2.45) is 10.7 Å². The number of pyridine rings is 1. The summed E-state index contributed by atoms with van der Waals surface area (Å²) in [6.07, 6.45) is 9.20. The van der Waals surface area contributed by atoms with Gasteiger partial charge in [-0.3, -0.25) is 4.79 Å². The topological polar surface area (TPSA) is 130 Å². The van der Waals surface area contributed by atoms with E-state index in [-0.39, 0.29) is 17.7 Å². The lowest BCUT2D eigenvalue weighted by molar-refractivity contribution is -0.127. The fourth-order valence-electron chi connectivity index (χ4n) is 5.01. The van der Waals surface area contributed by atoms with E-state index in [9.17, 15) is 9.90 Å². The number of phenolic OH excluding ortho intramolecular Hbond substituents is 1. The first-order chi connectivity index (χ1) is 19.4. The molecule has 1 unspecified atom stereocenters. The molecule has 1 aliphatic rings. The van der Waals surface area contributed by atoms with Crippen LogP contribution in [0.5, 0.6) is 11.6 Å². The number of phenols is 1. The number of aliphatic imine (C=N–C) groups is 1. The minimum absolute atomic E-state index is 0.00345. The number of carbonyl (C=O) groups excluding carboxylic acids is 1. The van der Waals surface area contributed by atoms with Gasteiger partial charge in [0.2, 0.25) is 11.8 Å². The van der Waals surface area contributed by atoms with Crippen molar-refractivity contribution in [2.75, 3.05) is 25.5 Å². The number of piperidine rings is 1. The van der Waals surface area contributed by atoms with Crippen molar-refractivity contribution in [3.05, 3.63) is 78.8 Å². The first-order valence-corrected chi connectivity index (χ1v) is 13.3. The van der Waals surface area contributed by atoms with Crippen LogP contribution in [-0.4, -0.2) is 62.6 Å². The molecular weight excluding hydrogens is 506 g/mol. The molecule has 1 aliphatic heterocycles. The molecule has 1 aromatic carbocycles. The number of nitrogens with zero attached hydrogens (tertiary/aromatic N) is 5. The van der Waals surface area contributed by atoms with E-state index in [1.807, 2.05) is 31.3 Å². The van der Waals surface area contributed by atoms with Gasteiger partial charge in [0.05, 0.1) is 35.8 Å². The Labute approximate surface area is 232 Å². The van der Waals surface area contributed by atoms with Gasteiger partial charge in [-0.1, -0.05) is 13.5 Å². The summed E-state index contributed by atoms with van der Waals surface area (Å²) in [7, 11) is 1.58. The lowest BCUT2D eigenvalue weighted by atomic mass is 10.0. The molecule has 1 amide bonds. The van der Waals surface area contributed by atoms with Crippen LogP contribution in [0.1, 0.15) is 30.9 Å². The quantitative estimate of drug-likeness (QED) is 0.173. The van der Waals surface area contributed by atoms with Gasteiger partial charge >= 0.3 is 0 Å². The van der Waals surface area contributed by atoms with E-state index in [0.29, 0.717) is 42.5 Å². The standard InChI is InChI=1S/C30H33N7O3/c1-4-19-13-23(38)9-10-25(19)35-30(31)24-16-33-37-17-21(20-8-11-27(40-3)32-15-20)14-26(37)29(24)34-22-7-6-12-36(18-22)28(39)5-2/h5,8-11,13-17,22,34,38H,2,4,6-7,12,18H2,1,3H3,(H2,31,35). The summed E-state index contributed by atoms with van der Waals surface area (Å²) in [5, 5.41) is 18.2. The molecule has 206 valence electrons. The van der Waals surface area contributed by atoms with Crippen molar-refractivity contribution in [3.8, 4) is 22.8 Å². The van der Waals surface area contributed by atoms with E-state index in [0.717, 1.165) is 40.7 Å². The van der Waals surface area contributed by atoms with Gasteiger partial charge in [-0.05, 0) is 61.2 Å². The van der Waals surface area contributed by atoms with Crippen LogP contribution in [-0.2, 0) is 11.2 Å². The molecule has 10 heteroatoms. The van der Waals surface area contributed by atoms with Crippen LogP contribution in [0.4, 0.5) is 11.4 Å². The minimum atomic E-state index is -0.0796. The summed E-state index contributed by atoms with van der Waals surface area (Å²) in [5.41, 5.74) is 12.3. The number of hydrogen-bond acceptors (Lipinski definition) is 7. The molecule has 4 heterocycles. The van der Waals surface area contributed by atoms with Crippen molar-refractivity contribution in [1.82, 2.24) is 19.5 Å². The van der Waals surface area contributed by atoms with E-state index in [1.54, 1.807) is 47.1 Å². The maximum atomic E-state index is 12.3. The highest BCUT2D eigenvalue weighted by Crippen LogP contribution is 2.31. The first kappa shape index (κ1) is 26.7. The second-order valence-corrected chi connectivity index (χ2v) is 9.72. The van der Waals surface area contributed by atoms with Crippen molar-refractivity contribution in [2.45, 2.75) is 32.2 Å². The van der Waals surface area contributed by atoms with Crippen molar-refractivity contribution in [3.63, 3.8) is 0 Å². The summed E-state index contributed by atoms with van der Waals surface area (Å²) in [4.78, 5) is 23.2. The van der Waals surface area contributed by atoms with Crippen LogP contribution in [0.25, 0.3) is 16.6 Å². The van der Waals surface area contributed by atoms with Crippen LogP contribution in [0.2, 0.25) is 0 Å². The molecule has 0 bridgehead atoms. The van der Waals surface area contributed by atoms with E-state index >= 15 is 0 Å². The Bertz CT molecular complexity index is 1580. The first-order valence-electron chi connectivity index (χ1n) is 13.3. The number of anilines is 1. The Morgan fingerprint density at radius 3 is 2.85 bits per heavy atom. The number of nitrogens with one attached hydrogen (secondary N) is 1. The number of methoxy groups -OCH3 is 1. The molecule has 1 atom stereocenters. The predicted molar refractivity (Wildman–Crippen MR) is 156 cm³/mol. The number of aromatic nitrogens is 3. The number of fused-ring (bicyclic) bond motifs is 1. The summed E-state index contributed by atoms with van der Waals surface area (Å²) in [6.45, 7) is 6.89. The number of likely N-dealkylation sites (tertiary alicyclic amines) is 1. The van der Waals surface area contributed by atoms with Crippen molar-refractivity contribution < 1.29 is 14.6 Å². The monoisotopic (exact) mass is 539 g/mol. The van der Waals surface area contributed by atoms with E-state index in [4.69, 9.17) is 15.5 Å². The summed E-state index contributed by atoms with van der Waals surface area (Å²) < 4.78 is 7.00. The minimum Gasteiger partial charge on any atom is -0.508 e. The molecule has 4 aromatic rings. The number of hydrogen-bond donors (Lipinski definition) is 3. The molecule has 1 saturated heterocycles. The van der Waals surface area contributed by atoms with Crippen LogP contribution >= 0.6 is 0 Å². The third-order valence-corrected chi connectivity index (χ3v) is 7.13. The number of nitrogens with two attached hydrogens (primary N) is 1. The molecule has 4 N–H and O–H groups in total. The Morgan fingerprint density at radius 2 is 2.12 bits per heavy atom. The molecule has 3 aromatic heterocycles. The molecule has 5 rings (SSSR count). The molecule has 40 heavy (non-hydrogen) atoms. The van der Waals surface area contributed by atoms with Gasteiger partial charge in [-0.2, -0.15) is 5.10 Å². The zero-order chi connectivity index (χ0) is 28.2. The SMILES string of the molecule is C=CC(=O)N1CCCC(Nc2c(C(N)=Nc3ccc(O)cc3CC)cnn3cc(-c4ccc(OC)nc4)cc23)C1. The van der Waals surface area contributed by atoms with Crippen molar-refractivity contribution in [1.29, 1.82) is 0 Å². The van der Waals surface area contributed by atoms with Gasteiger partial charge in [-0.25, -0.2) is 14.5 Å². The zero-order valence-corrected chi connectivity index (χ0v) is 22.7. The molecule has 0 aliphatic carbocycles. The predicted octanol–water partition coefficient (Wildman–Crippen LogP) is 4.30. The lowest BCUT2D eigenvalue weighted by Crippen LogP contribution is -2.44. The third-order valence-electron chi connectivity index (χ3n) is 7.13. The van der Waals surface area contributed by atoms with E-state index in [1.165, 1.54) is 6.08 Å². The smallest absolute Gasteiger partial charge is 0.246 e. The lowest BCUT2D eigenvalue weighted by Gasteiger charge is -2.33. The summed E-state index contributed by atoms with van der Waals surface area (Å²) >= 11 is 0. The Hall–Kier alpha value is -4.86. The molecular formula is C30H33N7O3. The van der Waals surface area contributed by atoms with Crippen molar-refractivity contribution >= 4 is 28.6 Å². The van der Waals surface area contributed by atoms with Gasteiger partial charge in [0.15, 0.2) is 0 Å². The number of amidine groups is 1. The third kappa shape index (κ3) is 5.47. The maximum Gasteiger partial charge on any atom is 0.246 e. The number of aromatic hydroxyl groups is 1. The van der Waals surface area contributed by atoms with E-state index in [2.05, 4.69) is 22.0 Å². The van der Waals surface area contributed by atoms with Crippen LogP contribution < -0.4 is 15.8 Å². The highest BCUT2D eigenvalue weighted by Gasteiger charge is 2.25. The Balaban J connectivity index is 1.59. The number of ether oxygens (including phenoxy) is 1. The highest BCUT2D eigenvalue weighted by atomic mass is 16.5. The van der Waals surface area contributed by atoms with Gasteiger partial charge in [0.25, 0.3) is 0 Å². The Morgan fingerprint density at radius 1 is 1.27 bits per heavy atom. The Kier molecular flexibility index (Phi) is 7.68.